The minimum absolute atomic E-state index is 0.0534. The molecular formula is C8H9O7P. The number of rotatable bonds is 4. The number of carbonyl (C=O) groups is 1. The van der Waals surface area contributed by atoms with Crippen LogP contribution in [0.3, 0.4) is 0 Å². The second kappa shape index (κ2) is 5.09. The van der Waals surface area contributed by atoms with E-state index in [2.05, 4.69) is 14.3 Å². The zero-order valence-electron chi connectivity index (χ0n) is 8.19. The average Bonchev–Trinajstić information content (AvgIpc) is 2.16. The van der Waals surface area contributed by atoms with Crippen LogP contribution in [0.4, 0.5) is 0 Å². The summed E-state index contributed by atoms with van der Waals surface area (Å²) >= 11 is 0. The van der Waals surface area contributed by atoms with E-state index in [0.717, 1.165) is 0 Å². The fourth-order valence-corrected chi connectivity index (χ4v) is 1.31. The molecule has 1 rings (SSSR count). The van der Waals surface area contributed by atoms with E-state index in [0.29, 0.717) is 0 Å². The molecule has 1 aromatic rings. The molecule has 2 N–H and O–H groups in total. The summed E-state index contributed by atoms with van der Waals surface area (Å²) in [6.07, 6.45) is 0. The van der Waals surface area contributed by atoms with Crippen molar-refractivity contribution in [3.8, 4) is 5.75 Å². The summed E-state index contributed by atoms with van der Waals surface area (Å²) < 4.78 is 14.8. The Morgan fingerprint density at radius 3 is 2.25 bits per heavy atom. The molecule has 88 valence electrons. The summed E-state index contributed by atoms with van der Waals surface area (Å²) in [5.41, 5.74) is 0.167. The van der Waals surface area contributed by atoms with Gasteiger partial charge in [0.2, 0.25) is 0 Å². The molecule has 0 saturated carbocycles. The zero-order chi connectivity index (χ0) is 12.2. The van der Waals surface area contributed by atoms with Crippen molar-refractivity contribution in [2.45, 2.75) is 0 Å². The highest BCUT2D eigenvalue weighted by Crippen LogP contribution is 2.37. The Labute approximate surface area is 90.7 Å². The van der Waals surface area contributed by atoms with Crippen molar-refractivity contribution in [2.75, 3.05) is 7.11 Å². The van der Waals surface area contributed by atoms with Crippen LogP contribution < -0.4 is 4.52 Å². The van der Waals surface area contributed by atoms with E-state index in [-0.39, 0.29) is 11.3 Å². The van der Waals surface area contributed by atoms with E-state index in [1.165, 1.54) is 31.4 Å². The standard InChI is InChI=1S/C8H9O7P/c1-13-14-8(9)6-2-4-7(5-3-6)15-16(10,11)12/h2-5H,1H3,(H2,10,11,12). The van der Waals surface area contributed by atoms with Gasteiger partial charge in [-0.3, -0.25) is 14.7 Å². The molecule has 0 fully saturated rings. The fraction of sp³-hybridized carbons (Fsp3) is 0.125. The molecule has 8 heteroatoms. The summed E-state index contributed by atoms with van der Waals surface area (Å²) in [6.45, 7) is 0. The minimum Gasteiger partial charge on any atom is -0.404 e. The molecule has 0 aliphatic rings. The summed E-state index contributed by atoms with van der Waals surface area (Å²) in [5.74, 6) is -0.771. The van der Waals surface area contributed by atoms with Gasteiger partial charge in [-0.25, -0.2) is 9.36 Å². The summed E-state index contributed by atoms with van der Waals surface area (Å²) in [5, 5.41) is 0. The Morgan fingerprint density at radius 2 is 1.81 bits per heavy atom. The number of hydrogen-bond donors (Lipinski definition) is 2. The molecule has 7 nitrogen and oxygen atoms in total. The molecule has 0 unspecified atom stereocenters. The first-order valence-electron chi connectivity index (χ1n) is 4.02. The molecule has 0 atom stereocenters. The van der Waals surface area contributed by atoms with Crippen molar-refractivity contribution < 1.29 is 33.4 Å². The van der Waals surface area contributed by atoms with Crippen LogP contribution in [-0.4, -0.2) is 22.9 Å². The van der Waals surface area contributed by atoms with E-state index in [4.69, 9.17) is 9.79 Å². The normalized spacial score (nSPS) is 10.9. The van der Waals surface area contributed by atoms with E-state index in [1.54, 1.807) is 0 Å². The Kier molecular flexibility index (Phi) is 4.03. The van der Waals surface area contributed by atoms with Crippen molar-refractivity contribution in [1.82, 2.24) is 0 Å². The van der Waals surface area contributed by atoms with Crippen LogP contribution in [0.5, 0.6) is 5.75 Å². The van der Waals surface area contributed by atoms with Crippen LogP contribution in [-0.2, 0) is 14.3 Å². The monoisotopic (exact) mass is 248 g/mol. The van der Waals surface area contributed by atoms with Crippen LogP contribution in [0.25, 0.3) is 0 Å². The van der Waals surface area contributed by atoms with Gasteiger partial charge in [0.15, 0.2) is 0 Å². The second-order valence-corrected chi connectivity index (χ2v) is 3.81. The van der Waals surface area contributed by atoms with Gasteiger partial charge < -0.3 is 4.52 Å². The molecule has 0 spiro atoms. The highest BCUT2D eigenvalue weighted by Gasteiger charge is 2.16. The Hall–Kier alpha value is -1.40. The molecule has 0 amide bonds. The van der Waals surface area contributed by atoms with Crippen LogP contribution in [0.1, 0.15) is 10.4 Å². The lowest BCUT2D eigenvalue weighted by atomic mass is 10.2. The number of benzene rings is 1. The van der Waals surface area contributed by atoms with Gasteiger partial charge >= 0.3 is 13.8 Å². The molecule has 0 saturated heterocycles. The third kappa shape index (κ3) is 4.00. The first kappa shape index (κ1) is 12.7. The second-order valence-electron chi connectivity index (χ2n) is 2.64. The number of carbonyl (C=O) groups excluding carboxylic acids is 1. The maximum Gasteiger partial charge on any atom is 0.524 e. The first-order valence-corrected chi connectivity index (χ1v) is 5.55. The third-order valence-corrected chi connectivity index (χ3v) is 1.92. The molecule has 0 radical (unpaired) electrons. The molecule has 0 aliphatic carbocycles. The van der Waals surface area contributed by atoms with E-state index >= 15 is 0 Å². The Balaban J connectivity index is 2.75. The van der Waals surface area contributed by atoms with Gasteiger partial charge in [0, 0.05) is 0 Å². The molecule has 0 heterocycles. The summed E-state index contributed by atoms with van der Waals surface area (Å²) in [6, 6.07) is 5.02. The van der Waals surface area contributed by atoms with Crippen LogP contribution in [0.2, 0.25) is 0 Å². The molecule has 0 aromatic heterocycles. The summed E-state index contributed by atoms with van der Waals surface area (Å²) in [4.78, 5) is 36.5. The smallest absolute Gasteiger partial charge is 0.404 e. The Bertz CT molecular complexity index is 407. The van der Waals surface area contributed by atoms with Crippen molar-refractivity contribution >= 4 is 13.8 Å². The van der Waals surface area contributed by atoms with Crippen LogP contribution in [0.15, 0.2) is 24.3 Å². The Morgan fingerprint density at radius 1 is 1.25 bits per heavy atom. The van der Waals surface area contributed by atoms with Crippen LogP contribution in [0, 0.1) is 0 Å². The van der Waals surface area contributed by atoms with Gasteiger partial charge in [-0.2, -0.15) is 4.89 Å². The van der Waals surface area contributed by atoms with Gasteiger partial charge in [0.05, 0.1) is 12.7 Å². The van der Waals surface area contributed by atoms with Gasteiger partial charge in [0.1, 0.15) is 5.75 Å². The van der Waals surface area contributed by atoms with E-state index < -0.39 is 13.8 Å². The van der Waals surface area contributed by atoms with E-state index in [9.17, 15) is 9.36 Å². The topological polar surface area (TPSA) is 102 Å². The largest absolute Gasteiger partial charge is 0.524 e. The van der Waals surface area contributed by atoms with Crippen LogP contribution >= 0.6 is 7.82 Å². The molecule has 0 bridgehead atoms. The van der Waals surface area contributed by atoms with Gasteiger partial charge in [0.25, 0.3) is 0 Å². The number of hydrogen-bond acceptors (Lipinski definition) is 5. The predicted octanol–water partition coefficient (Wildman–Crippen LogP) is 0.876. The van der Waals surface area contributed by atoms with Gasteiger partial charge in [-0.15, -0.1) is 0 Å². The van der Waals surface area contributed by atoms with E-state index in [1.807, 2.05) is 0 Å². The van der Waals surface area contributed by atoms with Gasteiger partial charge in [-0.1, -0.05) is 0 Å². The third-order valence-electron chi connectivity index (χ3n) is 1.47. The predicted molar refractivity (Wildman–Crippen MR) is 51.5 cm³/mol. The lowest BCUT2D eigenvalue weighted by Gasteiger charge is -2.06. The minimum atomic E-state index is -4.58. The first-order chi connectivity index (χ1) is 7.42. The lowest BCUT2D eigenvalue weighted by Crippen LogP contribution is -2.03. The average molecular weight is 248 g/mol. The van der Waals surface area contributed by atoms with Crippen molar-refractivity contribution in [2.24, 2.45) is 0 Å². The highest BCUT2D eigenvalue weighted by molar-refractivity contribution is 7.46. The quantitative estimate of drug-likeness (QED) is 0.463. The van der Waals surface area contributed by atoms with Crippen molar-refractivity contribution in [3.05, 3.63) is 29.8 Å². The van der Waals surface area contributed by atoms with Gasteiger partial charge in [-0.05, 0) is 24.3 Å². The maximum absolute atomic E-state index is 11.1. The van der Waals surface area contributed by atoms with Crippen molar-refractivity contribution in [1.29, 1.82) is 0 Å². The molecule has 1 aromatic carbocycles. The zero-order valence-corrected chi connectivity index (χ0v) is 9.09. The number of phosphoric ester groups is 1. The number of phosphoric acid groups is 1. The molecule has 16 heavy (non-hydrogen) atoms. The fourth-order valence-electron chi connectivity index (χ4n) is 0.913. The lowest BCUT2D eigenvalue weighted by molar-refractivity contribution is -0.216. The molecule has 0 aliphatic heterocycles. The SMILES string of the molecule is COOC(=O)c1ccc(OP(=O)(O)O)cc1. The molecular weight excluding hydrogens is 239 g/mol. The maximum atomic E-state index is 11.1. The highest BCUT2D eigenvalue weighted by atomic mass is 31.2. The van der Waals surface area contributed by atoms with Crippen molar-refractivity contribution in [3.63, 3.8) is 0 Å². The summed E-state index contributed by atoms with van der Waals surface area (Å²) in [7, 11) is -3.40.